The number of hydrogen-bond donors (Lipinski definition) is 2. The number of carbonyl (C=O) groups is 1. The number of rotatable bonds is 8. The maximum absolute atomic E-state index is 13.5. The van der Waals surface area contributed by atoms with Gasteiger partial charge in [0.15, 0.2) is 24.0 Å². The van der Waals surface area contributed by atoms with Gasteiger partial charge in [-0.05, 0) is 76.5 Å². The lowest BCUT2D eigenvalue weighted by Crippen LogP contribution is -2.46. The molecule has 0 bridgehead atoms. The van der Waals surface area contributed by atoms with Crippen molar-refractivity contribution in [1.82, 2.24) is 20.2 Å². The number of nitrogens with zero attached hydrogens (tertiary/aromatic N) is 5. The van der Waals surface area contributed by atoms with Crippen molar-refractivity contribution in [2.45, 2.75) is 96.2 Å². The first-order valence-corrected chi connectivity index (χ1v) is 20.3. The van der Waals surface area contributed by atoms with E-state index in [-0.39, 0.29) is 17.5 Å². The molecule has 3 aromatic rings. The van der Waals surface area contributed by atoms with Gasteiger partial charge in [0.05, 0.1) is 22.6 Å². The van der Waals surface area contributed by atoms with Crippen LogP contribution in [0.25, 0.3) is 11.3 Å². The number of aromatic nitrogens is 4. The van der Waals surface area contributed by atoms with Crippen LogP contribution in [0.5, 0.6) is 0 Å². The molecule has 12 nitrogen and oxygen atoms in total. The molecule has 0 radical (unpaired) electrons. The monoisotopic (exact) mass is 681 g/mol. The van der Waals surface area contributed by atoms with Gasteiger partial charge in [0.1, 0.15) is 16.4 Å². The number of amides is 1. The molecule has 1 aromatic carbocycles. The average Bonchev–Trinajstić information content (AvgIpc) is 3.53. The molecule has 0 spiro atoms. The third-order valence-electron chi connectivity index (χ3n) is 9.17. The van der Waals surface area contributed by atoms with Crippen LogP contribution in [0.3, 0.4) is 0 Å². The Labute approximate surface area is 279 Å². The SMILES string of the molecule is CC(C)(C)OC(=O)N1C[C@](C)(CO[Si](C)(C)C(C)(C)C)c2cc(-c3ccnc(Nc4cc(C(C)(C)S(C)(=O)=O)[nH]n4)n3)cc(C#N)c21. The van der Waals surface area contributed by atoms with Crippen molar-refractivity contribution in [2.24, 2.45) is 0 Å². The molecule has 0 saturated carbocycles. The fourth-order valence-electron chi connectivity index (χ4n) is 4.87. The Balaban J connectivity index is 1.76. The summed E-state index contributed by atoms with van der Waals surface area (Å²) in [5.41, 5.74) is 1.88. The van der Waals surface area contributed by atoms with Crippen molar-refractivity contribution < 1.29 is 22.4 Å². The molecule has 2 aromatic heterocycles. The minimum atomic E-state index is -3.41. The molecule has 14 heteroatoms. The van der Waals surface area contributed by atoms with Crippen molar-refractivity contribution in [1.29, 1.82) is 5.26 Å². The summed E-state index contributed by atoms with van der Waals surface area (Å²) in [5, 5.41) is 20.4. The van der Waals surface area contributed by atoms with Crippen LogP contribution in [-0.2, 0) is 29.2 Å². The summed E-state index contributed by atoms with van der Waals surface area (Å²) in [4.78, 5) is 24.1. The fraction of sp³-hybridized carbons (Fsp3) is 0.545. The molecule has 2 N–H and O–H groups in total. The van der Waals surface area contributed by atoms with E-state index in [2.05, 4.69) is 60.4 Å². The first-order valence-electron chi connectivity index (χ1n) is 15.5. The molecule has 1 amide bonds. The summed E-state index contributed by atoms with van der Waals surface area (Å²) in [6.07, 6.45) is 2.24. The first kappa shape index (κ1) is 36.0. The van der Waals surface area contributed by atoms with E-state index < -0.39 is 40.0 Å². The number of nitrogens with one attached hydrogen (secondary N) is 2. The topological polar surface area (TPSA) is 163 Å². The van der Waals surface area contributed by atoms with Gasteiger partial charge < -0.3 is 14.5 Å². The van der Waals surface area contributed by atoms with Crippen LogP contribution in [0.4, 0.5) is 22.2 Å². The lowest BCUT2D eigenvalue weighted by molar-refractivity contribution is 0.0575. The molecule has 1 atom stereocenters. The Bertz CT molecular complexity index is 1830. The van der Waals surface area contributed by atoms with Crippen molar-refractivity contribution in [3.05, 3.63) is 47.3 Å². The Morgan fingerprint density at radius 2 is 1.81 bits per heavy atom. The molecular weight excluding hydrogens is 635 g/mol. The van der Waals surface area contributed by atoms with Gasteiger partial charge in [-0.1, -0.05) is 27.7 Å². The van der Waals surface area contributed by atoms with Gasteiger partial charge in [-0.15, -0.1) is 0 Å². The van der Waals surface area contributed by atoms with E-state index >= 15 is 0 Å². The second kappa shape index (κ2) is 12.0. The number of aromatic amines is 1. The van der Waals surface area contributed by atoms with Crippen molar-refractivity contribution in [2.75, 3.05) is 29.6 Å². The standard InChI is InChI=1S/C33H47N7O5SSi/c1-30(2,3)45-29(41)40-19-33(9,20-44-47(11,12)31(4,5)6)23-16-21(15-22(18-34)27(23)40)24-13-14-35-28(36-24)37-26-17-25(38-39-26)32(7,8)46(10,42)43/h13-17H,19-20H2,1-12H3,(H2,35,36,37,38,39)/t33-/m1/s1. The van der Waals surface area contributed by atoms with Crippen molar-refractivity contribution in [3.63, 3.8) is 0 Å². The highest BCUT2D eigenvalue weighted by Crippen LogP contribution is 2.47. The largest absolute Gasteiger partial charge is 0.443 e. The van der Waals surface area contributed by atoms with E-state index in [1.807, 2.05) is 33.8 Å². The summed E-state index contributed by atoms with van der Waals surface area (Å²) >= 11 is 0. The molecule has 0 saturated heterocycles. The summed E-state index contributed by atoms with van der Waals surface area (Å²) in [5.74, 6) is 0.583. The predicted molar refractivity (Wildman–Crippen MR) is 186 cm³/mol. The molecule has 0 aliphatic carbocycles. The van der Waals surface area contributed by atoms with Gasteiger partial charge in [-0.25, -0.2) is 23.2 Å². The minimum absolute atomic E-state index is 0.0185. The van der Waals surface area contributed by atoms with Crippen molar-refractivity contribution in [3.8, 4) is 17.3 Å². The molecule has 3 heterocycles. The Morgan fingerprint density at radius 3 is 2.38 bits per heavy atom. The van der Waals surface area contributed by atoms with E-state index in [1.165, 1.54) is 6.26 Å². The van der Waals surface area contributed by atoms with Crippen molar-refractivity contribution >= 4 is 41.7 Å². The highest BCUT2D eigenvalue weighted by Gasteiger charge is 2.47. The number of fused-ring (bicyclic) bond motifs is 1. The van der Waals surface area contributed by atoms with Crippen LogP contribution < -0.4 is 10.2 Å². The average molecular weight is 682 g/mol. The lowest BCUT2D eigenvalue weighted by atomic mass is 9.83. The van der Waals surface area contributed by atoms with Gasteiger partial charge in [0.25, 0.3) is 0 Å². The third-order valence-corrected chi connectivity index (χ3v) is 15.7. The number of anilines is 3. The summed E-state index contributed by atoms with van der Waals surface area (Å²) in [6, 6.07) is 9.32. The van der Waals surface area contributed by atoms with Crippen LogP contribution in [0.1, 0.15) is 79.1 Å². The number of carbonyl (C=O) groups excluding carboxylic acids is 1. The third kappa shape index (κ3) is 7.37. The van der Waals surface area contributed by atoms with Crippen LogP contribution in [0.2, 0.25) is 18.1 Å². The lowest BCUT2D eigenvalue weighted by Gasteiger charge is -2.39. The van der Waals surface area contributed by atoms with E-state index in [0.29, 0.717) is 40.6 Å². The fourth-order valence-corrected chi connectivity index (χ4v) is 6.49. The van der Waals surface area contributed by atoms with Gasteiger partial charge in [-0.2, -0.15) is 10.4 Å². The number of hydrogen-bond acceptors (Lipinski definition) is 10. The maximum Gasteiger partial charge on any atom is 0.414 e. The second-order valence-corrected chi connectivity index (χ2v) is 22.9. The second-order valence-electron chi connectivity index (χ2n) is 15.5. The molecule has 254 valence electrons. The molecule has 4 rings (SSSR count). The molecular formula is C33H47N7O5SSi. The van der Waals surface area contributed by atoms with Crippen LogP contribution >= 0.6 is 0 Å². The quantitative estimate of drug-likeness (QED) is 0.242. The zero-order valence-electron chi connectivity index (χ0n) is 29.5. The van der Waals surface area contributed by atoms with Crippen LogP contribution in [-0.4, -0.2) is 68.0 Å². The van der Waals surface area contributed by atoms with Gasteiger partial charge in [-0.3, -0.25) is 10.00 Å². The van der Waals surface area contributed by atoms with Crippen LogP contribution in [0, 0.1) is 11.3 Å². The Morgan fingerprint density at radius 1 is 1.15 bits per heavy atom. The van der Waals surface area contributed by atoms with E-state index in [4.69, 9.17) is 14.1 Å². The zero-order chi connectivity index (χ0) is 35.4. The van der Waals surface area contributed by atoms with Crippen LogP contribution in [0.15, 0.2) is 30.5 Å². The summed E-state index contributed by atoms with van der Waals surface area (Å²) in [6.45, 7) is 22.3. The van der Waals surface area contributed by atoms with E-state index in [9.17, 15) is 18.5 Å². The number of H-pyrrole nitrogens is 1. The smallest absolute Gasteiger partial charge is 0.414 e. The number of sulfone groups is 1. The highest BCUT2D eigenvalue weighted by molar-refractivity contribution is 7.91. The molecule has 0 unspecified atom stereocenters. The van der Waals surface area contributed by atoms with Gasteiger partial charge in [0.2, 0.25) is 5.95 Å². The molecule has 47 heavy (non-hydrogen) atoms. The Kier molecular flexibility index (Phi) is 9.22. The highest BCUT2D eigenvalue weighted by atomic mass is 32.2. The summed E-state index contributed by atoms with van der Waals surface area (Å²) in [7, 11) is -5.58. The Hall–Kier alpha value is -3.80. The zero-order valence-corrected chi connectivity index (χ0v) is 31.3. The normalized spacial score (nSPS) is 17.3. The molecule has 0 fully saturated rings. The predicted octanol–water partition coefficient (Wildman–Crippen LogP) is 6.80. The minimum Gasteiger partial charge on any atom is -0.443 e. The van der Waals surface area contributed by atoms with Gasteiger partial charge in [0, 0.05) is 42.6 Å². The first-order chi connectivity index (χ1) is 21.4. The number of ether oxygens (including phenoxy) is 1. The van der Waals surface area contributed by atoms with Gasteiger partial charge >= 0.3 is 6.09 Å². The number of nitriles is 1. The molecule has 1 aliphatic rings. The molecule has 1 aliphatic heterocycles. The maximum atomic E-state index is 13.5. The number of benzene rings is 1. The summed E-state index contributed by atoms with van der Waals surface area (Å²) < 4.78 is 35.9. The van der Waals surface area contributed by atoms with E-state index in [1.54, 1.807) is 43.1 Å². The van der Waals surface area contributed by atoms with E-state index in [0.717, 1.165) is 5.56 Å².